The van der Waals surface area contributed by atoms with Crippen molar-refractivity contribution < 1.29 is 26.9 Å². The van der Waals surface area contributed by atoms with E-state index in [4.69, 9.17) is 9.31 Å². The van der Waals surface area contributed by atoms with Gasteiger partial charge in [-0.25, -0.2) is 17.6 Å². The summed E-state index contributed by atoms with van der Waals surface area (Å²) in [6.07, 6.45) is 0. The van der Waals surface area contributed by atoms with E-state index >= 15 is 0 Å². The molecule has 1 heterocycles. The van der Waals surface area contributed by atoms with Crippen LogP contribution in [0, 0.1) is 23.3 Å². The molecule has 1 aliphatic rings. The van der Waals surface area contributed by atoms with Gasteiger partial charge in [0.2, 0.25) is 0 Å². The molecule has 0 amide bonds. The fourth-order valence-electron chi connectivity index (χ4n) is 1.85. The average molecular weight is 347 g/mol. The Kier molecular flexibility index (Phi) is 3.12. The minimum Gasteiger partial charge on any atom is -0.519 e. The lowest BCUT2D eigenvalue weighted by Gasteiger charge is -2.10. The smallest absolute Gasteiger partial charge is 0.519 e. The second-order valence-corrected chi connectivity index (χ2v) is 4.79. The Balaban J connectivity index is 2.10. The second kappa shape index (κ2) is 4.69. The van der Waals surface area contributed by atoms with E-state index in [1.54, 1.807) is 12.1 Å². The maximum atomic E-state index is 13.8. The quantitative estimate of drug-likeness (QED) is 0.342. The predicted octanol–water partition coefficient (Wildman–Crippen LogP) is 3.17. The average Bonchev–Trinajstić information content (AvgIpc) is 2.86. The molecule has 2 aromatic carbocycles. The molecule has 20 heavy (non-hydrogen) atoms. The summed E-state index contributed by atoms with van der Waals surface area (Å²) in [7, 11) is -1.58. The molecule has 0 spiro atoms. The number of para-hydroxylation sites is 2. The topological polar surface area (TPSA) is 18.5 Å². The molecule has 0 bridgehead atoms. The zero-order valence-corrected chi connectivity index (χ0v) is 11.2. The summed E-state index contributed by atoms with van der Waals surface area (Å²) in [6.45, 7) is 0. The van der Waals surface area contributed by atoms with Gasteiger partial charge < -0.3 is 9.31 Å². The van der Waals surface area contributed by atoms with Gasteiger partial charge in [0.1, 0.15) is 11.5 Å². The van der Waals surface area contributed by atoms with Gasteiger partial charge in [-0.1, -0.05) is 12.1 Å². The molecule has 0 aliphatic carbocycles. The fourth-order valence-corrected chi connectivity index (χ4v) is 2.19. The highest BCUT2D eigenvalue weighted by atomic mass is 79.9. The Morgan fingerprint density at radius 3 is 1.70 bits per heavy atom. The molecule has 2 nitrogen and oxygen atoms in total. The van der Waals surface area contributed by atoms with Crippen molar-refractivity contribution in [1.82, 2.24) is 0 Å². The Morgan fingerprint density at radius 2 is 1.25 bits per heavy atom. The molecule has 1 aliphatic heterocycles. The van der Waals surface area contributed by atoms with Crippen molar-refractivity contribution >= 4 is 28.5 Å². The first-order valence-corrected chi connectivity index (χ1v) is 6.23. The molecule has 0 fully saturated rings. The second-order valence-electron chi connectivity index (χ2n) is 4.00. The monoisotopic (exact) mass is 346 g/mol. The van der Waals surface area contributed by atoms with Crippen LogP contribution in [0.25, 0.3) is 0 Å². The molecular weight excluding hydrogens is 343 g/mol. The van der Waals surface area contributed by atoms with E-state index < -0.39 is 40.3 Å². The lowest BCUT2D eigenvalue weighted by atomic mass is 9.78. The number of fused-ring (bicyclic) bond motifs is 1. The van der Waals surface area contributed by atoms with Gasteiger partial charge in [0.15, 0.2) is 23.3 Å². The zero-order valence-electron chi connectivity index (χ0n) is 9.59. The van der Waals surface area contributed by atoms with Crippen LogP contribution in [0.15, 0.2) is 28.7 Å². The number of hydrogen-bond acceptors (Lipinski definition) is 2. The Labute approximate surface area is 119 Å². The first-order chi connectivity index (χ1) is 9.50. The molecule has 8 heteroatoms. The SMILES string of the molecule is Fc1c(F)c(B2Oc3ccccc3O2)c(F)c(F)c1Br. The minimum atomic E-state index is -1.58. The molecule has 3 rings (SSSR count). The van der Waals surface area contributed by atoms with E-state index in [-0.39, 0.29) is 11.5 Å². The molecule has 0 saturated heterocycles. The molecule has 102 valence electrons. The minimum absolute atomic E-state index is 0.236. The van der Waals surface area contributed by atoms with Crippen molar-refractivity contribution in [1.29, 1.82) is 0 Å². The normalized spacial score (nSPS) is 12.9. The summed E-state index contributed by atoms with van der Waals surface area (Å²) >= 11 is 2.44. The molecule has 2 aromatic rings. The number of halogens is 5. The van der Waals surface area contributed by atoms with Crippen LogP contribution in [0.3, 0.4) is 0 Å². The molecular formula is C12H4BBrF4O2. The third-order valence-electron chi connectivity index (χ3n) is 2.80. The standard InChI is InChI=1S/C12H4BBrF4O2/c14-8-11(17)9(15)7(10(16)12(8)18)13-19-5-3-1-2-4-6(5)20-13/h1-4H. The lowest BCUT2D eigenvalue weighted by molar-refractivity contribution is 0.443. The van der Waals surface area contributed by atoms with E-state index in [0.717, 1.165) is 0 Å². The molecule has 0 atom stereocenters. The Bertz CT molecular complexity index is 656. The highest BCUT2D eigenvalue weighted by Gasteiger charge is 2.42. The summed E-state index contributed by atoms with van der Waals surface area (Å²) in [4.78, 5) is 0. The van der Waals surface area contributed by atoms with Crippen LogP contribution in [-0.4, -0.2) is 7.12 Å². The Morgan fingerprint density at radius 1 is 0.800 bits per heavy atom. The van der Waals surface area contributed by atoms with Crippen molar-refractivity contribution in [3.8, 4) is 11.5 Å². The molecule has 0 radical (unpaired) electrons. The van der Waals surface area contributed by atoms with E-state index in [1.807, 2.05) is 0 Å². The van der Waals surface area contributed by atoms with Crippen LogP contribution < -0.4 is 14.8 Å². The molecule has 0 unspecified atom stereocenters. The first-order valence-electron chi connectivity index (χ1n) is 5.44. The lowest BCUT2D eigenvalue weighted by Crippen LogP contribution is -2.44. The van der Waals surface area contributed by atoms with Crippen molar-refractivity contribution in [3.05, 3.63) is 52.0 Å². The largest absolute Gasteiger partial charge is 0.639 e. The van der Waals surface area contributed by atoms with Crippen LogP contribution in [0.5, 0.6) is 11.5 Å². The molecule has 0 aromatic heterocycles. The van der Waals surface area contributed by atoms with Crippen LogP contribution in [0.1, 0.15) is 0 Å². The number of benzene rings is 2. The van der Waals surface area contributed by atoms with Gasteiger partial charge in [-0.2, -0.15) is 0 Å². The van der Waals surface area contributed by atoms with Crippen LogP contribution >= 0.6 is 15.9 Å². The van der Waals surface area contributed by atoms with E-state index in [1.165, 1.54) is 12.1 Å². The highest BCUT2D eigenvalue weighted by molar-refractivity contribution is 9.10. The van der Waals surface area contributed by atoms with Gasteiger partial charge in [-0.3, -0.25) is 0 Å². The number of rotatable bonds is 1. The van der Waals surface area contributed by atoms with Gasteiger partial charge in [0.05, 0.1) is 9.94 Å². The zero-order chi connectivity index (χ0) is 14.4. The van der Waals surface area contributed by atoms with Crippen molar-refractivity contribution in [2.24, 2.45) is 0 Å². The van der Waals surface area contributed by atoms with Crippen LogP contribution in [0.2, 0.25) is 0 Å². The van der Waals surface area contributed by atoms with Crippen LogP contribution in [-0.2, 0) is 0 Å². The predicted molar refractivity (Wildman–Crippen MR) is 67.1 cm³/mol. The van der Waals surface area contributed by atoms with Gasteiger partial charge in [-0.05, 0) is 28.1 Å². The van der Waals surface area contributed by atoms with E-state index in [0.29, 0.717) is 0 Å². The van der Waals surface area contributed by atoms with Gasteiger partial charge >= 0.3 is 7.12 Å². The van der Waals surface area contributed by atoms with Crippen molar-refractivity contribution in [2.45, 2.75) is 0 Å². The van der Waals surface area contributed by atoms with Gasteiger partial charge in [0.25, 0.3) is 0 Å². The maximum absolute atomic E-state index is 13.8. The summed E-state index contributed by atoms with van der Waals surface area (Å²) in [5, 5.41) is 0. The summed E-state index contributed by atoms with van der Waals surface area (Å²) in [5.41, 5.74) is -0.945. The summed E-state index contributed by atoms with van der Waals surface area (Å²) < 4.78 is 64.0. The Hall–Kier alpha value is -1.70. The summed E-state index contributed by atoms with van der Waals surface area (Å²) in [6, 6.07) is 6.27. The first kappa shape index (κ1) is 13.3. The summed E-state index contributed by atoms with van der Waals surface area (Å²) in [5.74, 6) is -5.73. The van der Waals surface area contributed by atoms with Crippen molar-refractivity contribution in [2.75, 3.05) is 0 Å². The van der Waals surface area contributed by atoms with Gasteiger partial charge in [-0.15, -0.1) is 0 Å². The van der Waals surface area contributed by atoms with E-state index in [9.17, 15) is 17.6 Å². The van der Waals surface area contributed by atoms with Crippen molar-refractivity contribution in [3.63, 3.8) is 0 Å². The van der Waals surface area contributed by atoms with E-state index in [2.05, 4.69) is 15.9 Å². The third-order valence-corrected chi connectivity index (χ3v) is 3.49. The molecule has 0 saturated carbocycles. The highest BCUT2D eigenvalue weighted by Crippen LogP contribution is 2.33. The van der Waals surface area contributed by atoms with Crippen LogP contribution in [0.4, 0.5) is 17.6 Å². The fraction of sp³-hybridized carbons (Fsp3) is 0. The molecule has 0 N–H and O–H groups in total. The third kappa shape index (κ3) is 1.86. The maximum Gasteiger partial charge on any atom is 0.639 e. The van der Waals surface area contributed by atoms with Gasteiger partial charge in [0, 0.05) is 0 Å². The number of hydrogen-bond donors (Lipinski definition) is 0.